The number of carbonyl (C=O) groups is 1. The Kier molecular flexibility index (Phi) is 3.14. The average Bonchev–Trinajstić information content (AvgIpc) is 3.03. The second-order valence-electron chi connectivity index (χ2n) is 3.77. The smallest absolute Gasteiger partial charge is 0.239 e. The van der Waals surface area contributed by atoms with Crippen LogP contribution in [0, 0.1) is 0 Å². The Labute approximate surface area is 98.4 Å². The summed E-state index contributed by atoms with van der Waals surface area (Å²) in [6.07, 6.45) is 2.15. The molecule has 0 unspecified atom stereocenters. The van der Waals surface area contributed by atoms with Crippen LogP contribution in [-0.2, 0) is 4.79 Å². The van der Waals surface area contributed by atoms with Crippen LogP contribution in [0.5, 0.6) is 0 Å². The lowest BCUT2D eigenvalue weighted by molar-refractivity contribution is -0.119. The number of nitrogens with zero attached hydrogens (tertiary/aromatic N) is 1. The number of aromatic nitrogens is 1. The minimum atomic E-state index is -0.0522. The summed E-state index contributed by atoms with van der Waals surface area (Å²) in [5, 5.41) is 6.06. The van der Waals surface area contributed by atoms with E-state index in [0.717, 1.165) is 12.8 Å². The molecule has 1 saturated carbocycles. The highest BCUT2D eigenvalue weighted by atomic mass is 35.5. The van der Waals surface area contributed by atoms with Crippen molar-refractivity contribution in [3.8, 4) is 0 Å². The Bertz CT molecular complexity index is 406. The summed E-state index contributed by atoms with van der Waals surface area (Å²) in [4.78, 5) is 15.4. The molecule has 1 amide bonds. The molecule has 0 spiro atoms. The number of hydrogen-bond acceptors (Lipinski definition) is 4. The van der Waals surface area contributed by atoms with Gasteiger partial charge in [-0.2, -0.15) is 0 Å². The summed E-state index contributed by atoms with van der Waals surface area (Å²) in [5.41, 5.74) is 6.15. The molecule has 1 aliphatic rings. The van der Waals surface area contributed by atoms with Gasteiger partial charge in [-0.05, 0) is 25.0 Å². The van der Waals surface area contributed by atoms with Gasteiger partial charge in [0.1, 0.15) is 5.15 Å². The van der Waals surface area contributed by atoms with Crippen LogP contribution < -0.4 is 16.4 Å². The van der Waals surface area contributed by atoms with Crippen LogP contribution in [0.1, 0.15) is 12.8 Å². The van der Waals surface area contributed by atoms with Crippen LogP contribution in [0.3, 0.4) is 0 Å². The van der Waals surface area contributed by atoms with Crippen LogP contribution in [0.2, 0.25) is 5.15 Å². The summed E-state index contributed by atoms with van der Waals surface area (Å²) in [7, 11) is 0. The zero-order chi connectivity index (χ0) is 11.5. The topological polar surface area (TPSA) is 80.0 Å². The third-order valence-electron chi connectivity index (χ3n) is 2.25. The monoisotopic (exact) mass is 240 g/mol. The van der Waals surface area contributed by atoms with Gasteiger partial charge in [0.15, 0.2) is 5.82 Å². The summed E-state index contributed by atoms with van der Waals surface area (Å²) in [5.74, 6) is 0.391. The second-order valence-corrected chi connectivity index (χ2v) is 4.15. The number of pyridine rings is 1. The minimum Gasteiger partial charge on any atom is -0.396 e. The summed E-state index contributed by atoms with van der Waals surface area (Å²) < 4.78 is 0. The van der Waals surface area contributed by atoms with Gasteiger partial charge in [0, 0.05) is 6.04 Å². The van der Waals surface area contributed by atoms with Crippen molar-refractivity contribution in [2.24, 2.45) is 0 Å². The van der Waals surface area contributed by atoms with E-state index in [1.165, 1.54) is 0 Å². The van der Waals surface area contributed by atoms with E-state index in [9.17, 15) is 4.79 Å². The van der Waals surface area contributed by atoms with Gasteiger partial charge in [0.25, 0.3) is 0 Å². The zero-order valence-electron chi connectivity index (χ0n) is 8.66. The van der Waals surface area contributed by atoms with Gasteiger partial charge in [-0.3, -0.25) is 4.79 Å². The third kappa shape index (κ3) is 3.00. The molecule has 1 heterocycles. The summed E-state index contributed by atoms with van der Waals surface area (Å²) in [6.45, 7) is 0.161. The van der Waals surface area contributed by atoms with Gasteiger partial charge < -0.3 is 16.4 Å². The number of hydrogen-bond donors (Lipinski definition) is 3. The largest absolute Gasteiger partial charge is 0.396 e. The maximum Gasteiger partial charge on any atom is 0.239 e. The van der Waals surface area contributed by atoms with E-state index in [-0.39, 0.29) is 12.5 Å². The molecule has 16 heavy (non-hydrogen) atoms. The first-order chi connectivity index (χ1) is 7.65. The van der Waals surface area contributed by atoms with Gasteiger partial charge in [-0.1, -0.05) is 11.6 Å². The number of nitrogens with two attached hydrogens (primary N) is 1. The van der Waals surface area contributed by atoms with Crippen LogP contribution in [0.25, 0.3) is 0 Å². The minimum absolute atomic E-state index is 0.0522. The molecule has 0 aromatic carbocycles. The highest BCUT2D eigenvalue weighted by molar-refractivity contribution is 6.29. The van der Waals surface area contributed by atoms with Crippen molar-refractivity contribution in [1.82, 2.24) is 10.3 Å². The number of nitrogens with one attached hydrogen (secondary N) is 2. The van der Waals surface area contributed by atoms with Gasteiger partial charge in [0.2, 0.25) is 5.91 Å². The van der Waals surface area contributed by atoms with Crippen LogP contribution in [0.4, 0.5) is 11.5 Å². The Morgan fingerprint density at radius 2 is 2.31 bits per heavy atom. The predicted octanol–water partition coefficient (Wildman–Crippen LogP) is 1.01. The Morgan fingerprint density at radius 3 is 3.00 bits per heavy atom. The molecule has 0 atom stereocenters. The quantitative estimate of drug-likeness (QED) is 0.687. The molecule has 86 valence electrons. The molecule has 6 heteroatoms. The lowest BCUT2D eigenvalue weighted by atomic mass is 10.4. The molecule has 4 N–H and O–H groups in total. The predicted molar refractivity (Wildman–Crippen MR) is 63.3 cm³/mol. The highest BCUT2D eigenvalue weighted by Gasteiger charge is 2.22. The average molecular weight is 241 g/mol. The fourth-order valence-corrected chi connectivity index (χ4v) is 1.41. The molecular weight excluding hydrogens is 228 g/mol. The molecule has 1 fully saturated rings. The van der Waals surface area contributed by atoms with Crippen molar-refractivity contribution < 1.29 is 4.79 Å². The van der Waals surface area contributed by atoms with Crippen molar-refractivity contribution in [1.29, 1.82) is 0 Å². The molecule has 5 nitrogen and oxygen atoms in total. The fourth-order valence-electron chi connectivity index (χ4n) is 1.26. The highest BCUT2D eigenvalue weighted by Crippen LogP contribution is 2.19. The number of carbonyl (C=O) groups excluding carboxylic acids is 1. The van der Waals surface area contributed by atoms with Crippen LogP contribution in [-0.4, -0.2) is 23.5 Å². The lowest BCUT2D eigenvalue weighted by Gasteiger charge is -2.08. The number of halogens is 1. The standard InChI is InChI=1S/C10H13ClN4O/c11-8-4-3-7(12)10(15-8)13-5-9(16)14-6-1-2-6/h3-4,6H,1-2,5,12H2,(H,13,15)(H,14,16). The Balaban J connectivity index is 1.87. The molecule has 1 aliphatic carbocycles. The van der Waals surface area contributed by atoms with Gasteiger partial charge >= 0.3 is 0 Å². The Hall–Kier alpha value is -1.49. The second kappa shape index (κ2) is 4.57. The molecule has 0 radical (unpaired) electrons. The van der Waals surface area contributed by atoms with E-state index >= 15 is 0 Å². The zero-order valence-corrected chi connectivity index (χ0v) is 9.42. The summed E-state index contributed by atoms with van der Waals surface area (Å²) >= 11 is 5.72. The number of amides is 1. The maximum atomic E-state index is 11.4. The van der Waals surface area contributed by atoms with Crippen molar-refractivity contribution in [2.75, 3.05) is 17.6 Å². The van der Waals surface area contributed by atoms with E-state index in [1.807, 2.05) is 0 Å². The normalized spacial score (nSPS) is 14.6. The molecule has 0 bridgehead atoms. The van der Waals surface area contributed by atoms with Crippen molar-refractivity contribution in [3.05, 3.63) is 17.3 Å². The van der Waals surface area contributed by atoms with Crippen molar-refractivity contribution in [2.45, 2.75) is 18.9 Å². The first-order valence-electron chi connectivity index (χ1n) is 5.10. The first-order valence-corrected chi connectivity index (χ1v) is 5.48. The number of anilines is 2. The summed E-state index contributed by atoms with van der Waals surface area (Å²) in [6, 6.07) is 3.61. The van der Waals surface area contributed by atoms with Crippen molar-refractivity contribution >= 4 is 29.0 Å². The number of nitrogen functional groups attached to an aromatic ring is 1. The van der Waals surface area contributed by atoms with Gasteiger partial charge in [-0.15, -0.1) is 0 Å². The van der Waals surface area contributed by atoms with Gasteiger partial charge in [-0.25, -0.2) is 4.98 Å². The van der Waals surface area contributed by atoms with E-state index in [1.54, 1.807) is 12.1 Å². The molecule has 2 rings (SSSR count). The lowest BCUT2D eigenvalue weighted by Crippen LogP contribution is -2.31. The maximum absolute atomic E-state index is 11.4. The van der Waals surface area contributed by atoms with E-state index in [4.69, 9.17) is 17.3 Å². The molecule has 1 aromatic heterocycles. The molecule has 1 aromatic rings. The van der Waals surface area contributed by atoms with E-state index in [0.29, 0.717) is 22.7 Å². The van der Waals surface area contributed by atoms with Crippen molar-refractivity contribution in [3.63, 3.8) is 0 Å². The molecule has 0 saturated heterocycles. The van der Waals surface area contributed by atoms with Crippen LogP contribution in [0.15, 0.2) is 12.1 Å². The molecular formula is C10H13ClN4O. The number of rotatable bonds is 4. The third-order valence-corrected chi connectivity index (χ3v) is 2.46. The molecule has 0 aliphatic heterocycles. The van der Waals surface area contributed by atoms with Gasteiger partial charge in [0.05, 0.1) is 12.2 Å². The van der Waals surface area contributed by atoms with E-state index in [2.05, 4.69) is 15.6 Å². The van der Waals surface area contributed by atoms with Crippen LogP contribution >= 0.6 is 11.6 Å². The Morgan fingerprint density at radius 1 is 1.56 bits per heavy atom. The fraction of sp³-hybridized carbons (Fsp3) is 0.400. The van der Waals surface area contributed by atoms with E-state index < -0.39 is 0 Å². The first kappa shape index (κ1) is 11.0. The SMILES string of the molecule is Nc1ccc(Cl)nc1NCC(=O)NC1CC1.